The Labute approximate surface area is 148 Å². The number of aromatic nitrogens is 1. The van der Waals surface area contributed by atoms with Crippen LogP contribution in [0.25, 0.3) is 10.9 Å². The number of aldehydes is 1. The van der Waals surface area contributed by atoms with E-state index in [0.29, 0.717) is 24.9 Å². The van der Waals surface area contributed by atoms with Crippen molar-refractivity contribution in [2.24, 2.45) is 5.73 Å². The summed E-state index contributed by atoms with van der Waals surface area (Å²) in [5.41, 5.74) is 5.91. The zero-order chi connectivity index (χ0) is 18.8. The normalized spacial score (nSPS) is 15.9. The molecule has 1 aromatic heterocycles. The lowest BCUT2D eigenvalue weighted by molar-refractivity contribution is -0.134. The monoisotopic (exact) mass is 349 g/mol. The number of hydrogen-bond donors (Lipinski definition) is 2. The Morgan fingerprint density at radius 2 is 2.12 bits per heavy atom. The van der Waals surface area contributed by atoms with E-state index in [-0.39, 0.29) is 17.8 Å². The summed E-state index contributed by atoms with van der Waals surface area (Å²) in [6, 6.07) is 4.66. The number of aromatic amines is 1. The number of aryl methyl sites for hydroxylation is 1. The maximum Gasteiger partial charge on any atom is 0.223 e. The maximum atomic E-state index is 13.6. The molecule has 2 heterocycles. The van der Waals surface area contributed by atoms with Crippen LogP contribution in [-0.4, -0.2) is 41.7 Å². The molecule has 1 atom stereocenters. The van der Waals surface area contributed by atoms with Crippen LogP contribution < -0.4 is 5.73 Å². The minimum atomic E-state index is -0.286. The van der Waals surface area contributed by atoms with Crippen molar-refractivity contribution < 1.29 is 14.0 Å². The Morgan fingerprint density at radius 1 is 1.40 bits per heavy atom. The van der Waals surface area contributed by atoms with Crippen LogP contribution >= 0.6 is 0 Å². The molecule has 1 aromatic carbocycles. The first kappa shape index (κ1) is 20.8. The summed E-state index contributed by atoms with van der Waals surface area (Å²) in [6.45, 7) is 4.66. The van der Waals surface area contributed by atoms with Crippen molar-refractivity contribution in [3.05, 3.63) is 35.8 Å². The number of fused-ring (bicyclic) bond motifs is 1. The lowest BCUT2D eigenvalue weighted by Crippen LogP contribution is -2.36. The van der Waals surface area contributed by atoms with E-state index in [9.17, 15) is 14.0 Å². The molecule has 1 amide bonds. The van der Waals surface area contributed by atoms with Crippen molar-refractivity contribution in [2.45, 2.75) is 45.6 Å². The van der Waals surface area contributed by atoms with E-state index in [0.717, 1.165) is 30.1 Å². The summed E-state index contributed by atoms with van der Waals surface area (Å²) in [5, 5.41) is 0.816. The molecule has 1 aliphatic rings. The molecule has 0 saturated carbocycles. The minimum Gasteiger partial charge on any atom is -0.359 e. The Kier molecular flexibility index (Phi) is 8.84. The largest absolute Gasteiger partial charge is 0.359 e. The third kappa shape index (κ3) is 4.89. The van der Waals surface area contributed by atoms with Crippen molar-refractivity contribution in [1.29, 1.82) is 0 Å². The standard InChI is InChI=1S/C16H17FN2O2.C2H6.CH5N/c17-14-5-1-4-13-11(9-18-16(13)14)6-7-15(21)19-8-2-3-12(19)10-20;2*1-2/h1,4-5,9-10,12,18H,2-3,6-8H2;1-2H3;2H2,1H3/t12-;;/m0../s1. The summed E-state index contributed by atoms with van der Waals surface area (Å²) < 4.78 is 13.6. The second kappa shape index (κ2) is 10.6. The summed E-state index contributed by atoms with van der Waals surface area (Å²) in [4.78, 5) is 27.7. The number of H-pyrrole nitrogens is 1. The smallest absolute Gasteiger partial charge is 0.223 e. The van der Waals surface area contributed by atoms with Gasteiger partial charge in [-0.2, -0.15) is 0 Å². The van der Waals surface area contributed by atoms with Gasteiger partial charge < -0.3 is 20.4 Å². The van der Waals surface area contributed by atoms with Gasteiger partial charge in [-0.05, 0) is 37.9 Å². The van der Waals surface area contributed by atoms with Gasteiger partial charge in [-0.15, -0.1) is 0 Å². The van der Waals surface area contributed by atoms with E-state index in [2.05, 4.69) is 10.7 Å². The number of para-hydroxylation sites is 1. The molecule has 0 unspecified atom stereocenters. The first-order valence-electron chi connectivity index (χ1n) is 8.77. The molecule has 3 rings (SSSR count). The molecule has 1 saturated heterocycles. The highest BCUT2D eigenvalue weighted by atomic mass is 19.1. The summed E-state index contributed by atoms with van der Waals surface area (Å²) in [5.74, 6) is -0.291. The van der Waals surface area contributed by atoms with Crippen molar-refractivity contribution in [3.63, 3.8) is 0 Å². The number of hydrogen-bond acceptors (Lipinski definition) is 3. The first-order valence-corrected chi connectivity index (χ1v) is 8.77. The van der Waals surface area contributed by atoms with Crippen LogP contribution in [0, 0.1) is 5.82 Å². The lowest BCUT2D eigenvalue weighted by Gasteiger charge is -2.20. The Morgan fingerprint density at radius 3 is 2.80 bits per heavy atom. The average molecular weight is 349 g/mol. The summed E-state index contributed by atoms with van der Waals surface area (Å²) in [7, 11) is 1.50. The van der Waals surface area contributed by atoms with Gasteiger partial charge in [-0.25, -0.2) is 4.39 Å². The molecule has 2 aromatic rings. The third-order valence-electron chi connectivity index (χ3n) is 4.14. The Hall–Kier alpha value is -2.21. The SMILES string of the molecule is CC.CN.O=C[C@@H]1CCCN1C(=O)CCc1c[nH]c2c(F)cccc12. The number of amides is 1. The molecular formula is C19H28FN3O2. The number of nitrogens with two attached hydrogens (primary N) is 1. The number of carbonyl (C=O) groups excluding carboxylic acids is 2. The topological polar surface area (TPSA) is 79.2 Å². The number of benzene rings is 1. The number of likely N-dealkylation sites (tertiary alicyclic amines) is 1. The molecule has 0 aliphatic carbocycles. The minimum absolute atomic E-state index is 0.00430. The van der Waals surface area contributed by atoms with Crippen molar-refractivity contribution >= 4 is 23.1 Å². The Bertz CT molecular complexity index is 684. The molecule has 1 aliphatic heterocycles. The quantitative estimate of drug-likeness (QED) is 0.833. The lowest BCUT2D eigenvalue weighted by atomic mass is 10.1. The van der Waals surface area contributed by atoms with Crippen molar-refractivity contribution in [1.82, 2.24) is 9.88 Å². The zero-order valence-corrected chi connectivity index (χ0v) is 15.2. The molecule has 0 bridgehead atoms. The van der Waals surface area contributed by atoms with Gasteiger partial charge in [0.05, 0.1) is 11.6 Å². The molecule has 5 nitrogen and oxygen atoms in total. The predicted octanol–water partition coefficient (Wildman–Crippen LogP) is 3.03. The molecule has 0 spiro atoms. The van der Waals surface area contributed by atoms with Crippen molar-refractivity contribution in [3.8, 4) is 0 Å². The van der Waals surface area contributed by atoms with Gasteiger partial charge in [0.2, 0.25) is 5.91 Å². The van der Waals surface area contributed by atoms with Crippen LogP contribution in [0.1, 0.15) is 38.7 Å². The van der Waals surface area contributed by atoms with Crippen LogP contribution in [-0.2, 0) is 16.0 Å². The van der Waals surface area contributed by atoms with Gasteiger partial charge in [-0.3, -0.25) is 4.79 Å². The van der Waals surface area contributed by atoms with Crippen LogP contribution in [0.15, 0.2) is 24.4 Å². The highest BCUT2D eigenvalue weighted by Crippen LogP contribution is 2.23. The van der Waals surface area contributed by atoms with Crippen LogP contribution in [0.3, 0.4) is 0 Å². The number of nitrogens with one attached hydrogen (secondary N) is 1. The van der Waals surface area contributed by atoms with Gasteiger partial charge in [0.1, 0.15) is 12.1 Å². The van der Waals surface area contributed by atoms with E-state index in [1.165, 1.54) is 13.1 Å². The third-order valence-corrected chi connectivity index (χ3v) is 4.14. The highest BCUT2D eigenvalue weighted by molar-refractivity contribution is 5.85. The fourth-order valence-corrected chi connectivity index (χ4v) is 3.01. The fraction of sp³-hybridized carbons (Fsp3) is 0.474. The van der Waals surface area contributed by atoms with Crippen LogP contribution in [0.2, 0.25) is 0 Å². The van der Waals surface area contributed by atoms with E-state index < -0.39 is 0 Å². The van der Waals surface area contributed by atoms with Crippen LogP contribution in [0.4, 0.5) is 4.39 Å². The van der Waals surface area contributed by atoms with Gasteiger partial charge in [0.25, 0.3) is 0 Å². The van der Waals surface area contributed by atoms with Crippen LogP contribution in [0.5, 0.6) is 0 Å². The average Bonchev–Trinajstić information content (AvgIpc) is 3.30. The van der Waals surface area contributed by atoms with Crippen molar-refractivity contribution in [2.75, 3.05) is 13.6 Å². The van der Waals surface area contributed by atoms with Gasteiger partial charge in [-0.1, -0.05) is 26.0 Å². The van der Waals surface area contributed by atoms with E-state index in [1.807, 2.05) is 19.9 Å². The molecule has 3 N–H and O–H groups in total. The molecule has 6 heteroatoms. The summed E-state index contributed by atoms with van der Waals surface area (Å²) >= 11 is 0. The number of carbonyl (C=O) groups is 2. The number of halogens is 1. The number of rotatable bonds is 4. The predicted molar refractivity (Wildman–Crippen MR) is 98.8 cm³/mol. The van der Waals surface area contributed by atoms with Gasteiger partial charge >= 0.3 is 0 Å². The zero-order valence-electron chi connectivity index (χ0n) is 15.2. The maximum absolute atomic E-state index is 13.6. The van der Waals surface area contributed by atoms with Gasteiger partial charge in [0, 0.05) is 24.5 Å². The summed E-state index contributed by atoms with van der Waals surface area (Å²) in [6.07, 6.45) is 5.13. The molecule has 138 valence electrons. The molecule has 25 heavy (non-hydrogen) atoms. The first-order chi connectivity index (χ1) is 12.2. The fourth-order valence-electron chi connectivity index (χ4n) is 3.01. The number of nitrogens with zero attached hydrogens (tertiary/aromatic N) is 1. The molecular weight excluding hydrogens is 321 g/mol. The highest BCUT2D eigenvalue weighted by Gasteiger charge is 2.27. The molecule has 1 fully saturated rings. The molecule has 0 radical (unpaired) electrons. The van der Waals surface area contributed by atoms with E-state index in [4.69, 9.17) is 0 Å². The second-order valence-corrected chi connectivity index (χ2v) is 5.41. The van der Waals surface area contributed by atoms with E-state index in [1.54, 1.807) is 17.2 Å². The Balaban J connectivity index is 0.000000730. The van der Waals surface area contributed by atoms with Gasteiger partial charge in [0.15, 0.2) is 0 Å². The second-order valence-electron chi connectivity index (χ2n) is 5.41. The van der Waals surface area contributed by atoms with E-state index >= 15 is 0 Å².